The summed E-state index contributed by atoms with van der Waals surface area (Å²) in [5.41, 5.74) is -0.746. The summed E-state index contributed by atoms with van der Waals surface area (Å²) in [6.07, 6.45) is 1.41. The second-order valence-corrected chi connectivity index (χ2v) is 5.19. The Kier molecular flexibility index (Phi) is 2.65. The molecule has 4 heteroatoms. The molecule has 2 aliphatic heterocycles. The molecule has 2 saturated heterocycles. The molecular formula is C11H19BO3. The first-order valence-electron chi connectivity index (χ1n) is 5.76. The fourth-order valence-electron chi connectivity index (χ4n) is 2.94. The molecule has 2 N–H and O–H groups in total. The minimum atomic E-state index is -0.855. The van der Waals surface area contributed by atoms with E-state index < -0.39 is 23.1 Å². The van der Waals surface area contributed by atoms with E-state index >= 15 is 0 Å². The highest BCUT2D eigenvalue weighted by Gasteiger charge is 2.59. The third-order valence-electron chi connectivity index (χ3n) is 4.26. The topological polar surface area (TPSA) is 49.7 Å². The van der Waals surface area contributed by atoms with Crippen LogP contribution in [0.4, 0.5) is 0 Å². The van der Waals surface area contributed by atoms with E-state index in [-0.39, 0.29) is 6.10 Å². The molecule has 0 spiro atoms. The van der Waals surface area contributed by atoms with Crippen molar-refractivity contribution < 1.29 is 14.9 Å². The third-order valence-corrected chi connectivity index (χ3v) is 4.26. The van der Waals surface area contributed by atoms with Crippen LogP contribution < -0.4 is 0 Å². The van der Waals surface area contributed by atoms with E-state index in [4.69, 9.17) is 12.6 Å². The van der Waals surface area contributed by atoms with Crippen LogP contribution in [-0.2, 0) is 4.74 Å². The van der Waals surface area contributed by atoms with Crippen molar-refractivity contribution in [2.24, 2.45) is 0 Å². The van der Waals surface area contributed by atoms with E-state index in [1.807, 2.05) is 13.8 Å². The maximum absolute atomic E-state index is 10.1. The molecule has 3 nitrogen and oxygen atoms in total. The molecule has 0 saturated carbocycles. The second-order valence-electron chi connectivity index (χ2n) is 5.19. The molecule has 0 aliphatic carbocycles. The quantitative estimate of drug-likeness (QED) is 0.662. The lowest BCUT2D eigenvalue weighted by Gasteiger charge is -2.50. The van der Waals surface area contributed by atoms with Crippen LogP contribution in [0.2, 0.25) is 5.31 Å². The van der Waals surface area contributed by atoms with Gasteiger partial charge in [0.25, 0.3) is 0 Å². The Labute approximate surface area is 92.2 Å². The standard InChI is InChI=1S/C11H19BO3/c1-3-10(2,12)11-5-4-7(15-11)6-8(13)9(11)14/h7-9,13-14H,3-6H2,1-2H3/t7-,8-,9-,10?,11+/m1/s1. The predicted octanol–water partition coefficient (Wildman–Crippen LogP) is 0.787. The van der Waals surface area contributed by atoms with Crippen molar-refractivity contribution >= 4 is 7.85 Å². The Morgan fingerprint density at radius 3 is 2.80 bits per heavy atom. The van der Waals surface area contributed by atoms with Gasteiger partial charge in [-0.1, -0.05) is 20.3 Å². The summed E-state index contributed by atoms with van der Waals surface area (Å²) in [6.45, 7) is 3.88. The first kappa shape index (κ1) is 11.4. The number of aliphatic hydroxyl groups excluding tert-OH is 2. The van der Waals surface area contributed by atoms with Gasteiger partial charge in [0.1, 0.15) is 6.10 Å². The molecule has 1 unspecified atom stereocenters. The first-order valence-corrected chi connectivity index (χ1v) is 5.76. The van der Waals surface area contributed by atoms with Gasteiger partial charge in [0.2, 0.25) is 0 Å². The zero-order valence-corrected chi connectivity index (χ0v) is 9.44. The average Bonchev–Trinajstić information content (AvgIpc) is 2.57. The van der Waals surface area contributed by atoms with Crippen LogP contribution >= 0.6 is 0 Å². The molecule has 2 aliphatic rings. The maximum Gasteiger partial charge on any atom is 0.109 e. The highest BCUT2D eigenvalue weighted by Crippen LogP contribution is 2.55. The molecule has 84 valence electrons. The van der Waals surface area contributed by atoms with Crippen LogP contribution in [0.15, 0.2) is 0 Å². The number of hydrogen-bond donors (Lipinski definition) is 2. The zero-order chi connectivity index (χ0) is 11.3. The van der Waals surface area contributed by atoms with Crippen molar-refractivity contribution in [2.45, 2.75) is 68.8 Å². The van der Waals surface area contributed by atoms with Crippen LogP contribution in [0.25, 0.3) is 0 Å². The summed E-state index contributed by atoms with van der Waals surface area (Å²) >= 11 is 0. The predicted molar refractivity (Wildman–Crippen MR) is 57.9 cm³/mol. The summed E-state index contributed by atoms with van der Waals surface area (Å²) in [6, 6.07) is 0. The minimum absolute atomic E-state index is 0.0674. The van der Waals surface area contributed by atoms with E-state index in [9.17, 15) is 10.2 Å². The Hall–Kier alpha value is -0.0551. The second kappa shape index (κ2) is 3.47. The van der Waals surface area contributed by atoms with Crippen LogP contribution in [-0.4, -0.2) is 42.0 Å². The van der Waals surface area contributed by atoms with E-state index in [0.717, 1.165) is 19.3 Å². The number of rotatable bonds is 2. The SMILES string of the molecule is [B]C(C)(CC)[C@]12CC[C@H](C[C@@H](O)[C@H]1O)O2. The van der Waals surface area contributed by atoms with Crippen molar-refractivity contribution in [1.29, 1.82) is 0 Å². The van der Waals surface area contributed by atoms with Crippen molar-refractivity contribution in [1.82, 2.24) is 0 Å². The van der Waals surface area contributed by atoms with E-state index in [1.165, 1.54) is 0 Å². The number of ether oxygens (including phenoxy) is 1. The largest absolute Gasteiger partial charge is 0.390 e. The molecule has 2 bridgehead atoms. The molecule has 2 heterocycles. The van der Waals surface area contributed by atoms with Gasteiger partial charge in [-0.05, 0) is 18.2 Å². The molecule has 0 aromatic rings. The van der Waals surface area contributed by atoms with Gasteiger partial charge in [0, 0.05) is 6.42 Å². The summed E-state index contributed by atoms with van der Waals surface area (Å²) in [7, 11) is 6.22. The van der Waals surface area contributed by atoms with Crippen molar-refractivity contribution in [3.05, 3.63) is 0 Å². The Balaban J connectivity index is 2.33. The smallest absolute Gasteiger partial charge is 0.109 e. The number of aliphatic hydroxyl groups is 2. The molecule has 15 heavy (non-hydrogen) atoms. The summed E-state index contributed by atoms with van der Waals surface area (Å²) < 4.78 is 5.89. The fraction of sp³-hybridized carbons (Fsp3) is 1.00. The van der Waals surface area contributed by atoms with Crippen molar-refractivity contribution in [3.63, 3.8) is 0 Å². The van der Waals surface area contributed by atoms with Crippen molar-refractivity contribution in [3.8, 4) is 0 Å². The average molecular weight is 210 g/mol. The summed E-state index contributed by atoms with van der Waals surface area (Å²) in [4.78, 5) is 0. The lowest BCUT2D eigenvalue weighted by molar-refractivity contribution is -0.210. The summed E-state index contributed by atoms with van der Waals surface area (Å²) in [5.74, 6) is 0. The van der Waals surface area contributed by atoms with E-state index in [0.29, 0.717) is 6.42 Å². The highest BCUT2D eigenvalue weighted by molar-refractivity contribution is 6.16. The van der Waals surface area contributed by atoms with E-state index in [2.05, 4.69) is 0 Å². The van der Waals surface area contributed by atoms with Crippen LogP contribution in [0.1, 0.15) is 39.5 Å². The van der Waals surface area contributed by atoms with Crippen molar-refractivity contribution in [2.75, 3.05) is 0 Å². The number of hydrogen-bond acceptors (Lipinski definition) is 3. The van der Waals surface area contributed by atoms with Crippen LogP contribution in [0, 0.1) is 0 Å². The Morgan fingerprint density at radius 2 is 2.20 bits per heavy atom. The van der Waals surface area contributed by atoms with Gasteiger partial charge in [-0.25, -0.2) is 0 Å². The third kappa shape index (κ3) is 1.46. The molecule has 0 aromatic carbocycles. The van der Waals surface area contributed by atoms with Gasteiger partial charge in [0.05, 0.1) is 25.7 Å². The normalized spacial score (nSPS) is 48.9. The monoisotopic (exact) mass is 210 g/mol. The maximum atomic E-state index is 10.1. The van der Waals surface area contributed by atoms with Gasteiger partial charge in [0.15, 0.2) is 0 Å². The molecule has 2 fully saturated rings. The van der Waals surface area contributed by atoms with Crippen LogP contribution in [0.5, 0.6) is 0 Å². The van der Waals surface area contributed by atoms with Crippen LogP contribution in [0.3, 0.4) is 0 Å². The van der Waals surface area contributed by atoms with E-state index in [1.54, 1.807) is 0 Å². The lowest BCUT2D eigenvalue weighted by atomic mass is 9.54. The van der Waals surface area contributed by atoms with Gasteiger partial charge in [-0.15, -0.1) is 0 Å². The summed E-state index contributed by atoms with van der Waals surface area (Å²) in [5, 5.41) is 19.3. The molecule has 2 radical (unpaired) electrons. The zero-order valence-electron chi connectivity index (χ0n) is 9.44. The highest BCUT2D eigenvalue weighted by atomic mass is 16.5. The fourth-order valence-corrected chi connectivity index (χ4v) is 2.94. The Morgan fingerprint density at radius 1 is 1.53 bits per heavy atom. The Bertz CT molecular complexity index is 256. The first-order chi connectivity index (χ1) is 6.93. The van der Waals surface area contributed by atoms with Gasteiger partial charge in [-0.3, -0.25) is 0 Å². The molecular weight excluding hydrogens is 191 g/mol. The van der Waals surface area contributed by atoms with Gasteiger partial charge >= 0.3 is 0 Å². The van der Waals surface area contributed by atoms with Gasteiger partial charge < -0.3 is 14.9 Å². The molecule has 5 atom stereocenters. The minimum Gasteiger partial charge on any atom is -0.390 e. The molecule has 0 amide bonds. The lowest BCUT2D eigenvalue weighted by Crippen LogP contribution is -2.59. The number of fused-ring (bicyclic) bond motifs is 2. The van der Waals surface area contributed by atoms with Gasteiger partial charge in [-0.2, -0.15) is 0 Å². The molecule has 0 aromatic heterocycles. The molecule has 2 rings (SSSR count).